The molecule has 0 aromatic heterocycles. The lowest BCUT2D eigenvalue weighted by Gasteiger charge is -2.31. The molecule has 0 saturated heterocycles. The molecule has 1 aliphatic rings. The molecule has 5 nitrogen and oxygen atoms in total. The van der Waals surface area contributed by atoms with Gasteiger partial charge in [0.05, 0.1) is 23.5 Å². The number of hydrogen-bond donors (Lipinski definition) is 2. The number of ether oxygens (including phenoxy) is 1. The zero-order chi connectivity index (χ0) is 14.7. The van der Waals surface area contributed by atoms with Crippen LogP contribution in [0.25, 0.3) is 0 Å². The van der Waals surface area contributed by atoms with Gasteiger partial charge in [-0.25, -0.2) is 0 Å². The molecule has 108 valence electrons. The van der Waals surface area contributed by atoms with Crippen LogP contribution in [0.1, 0.15) is 19.8 Å². The summed E-state index contributed by atoms with van der Waals surface area (Å²) in [5.41, 5.74) is 0.541. The molecule has 1 aromatic rings. The van der Waals surface area contributed by atoms with Gasteiger partial charge in [0.25, 0.3) is 0 Å². The van der Waals surface area contributed by atoms with Crippen LogP contribution in [-0.4, -0.2) is 23.6 Å². The standard InChI is InChI=1S/C14H16ClNO4/c1-2-20-12-6-3-8(7-11(12)15)16-13(17)9-4-5-10(9)14(18)19/h3,6-7,9-10H,2,4-5H2,1H3,(H,16,17)(H,18,19). The Morgan fingerprint density at radius 3 is 2.60 bits per heavy atom. The van der Waals surface area contributed by atoms with Crippen LogP contribution in [0.2, 0.25) is 5.02 Å². The van der Waals surface area contributed by atoms with E-state index in [1.807, 2.05) is 6.92 Å². The quantitative estimate of drug-likeness (QED) is 0.876. The number of carboxylic acids is 1. The van der Waals surface area contributed by atoms with Gasteiger partial charge in [-0.2, -0.15) is 0 Å². The van der Waals surface area contributed by atoms with Crippen LogP contribution >= 0.6 is 11.6 Å². The lowest BCUT2D eigenvalue weighted by molar-refractivity contribution is -0.151. The Morgan fingerprint density at radius 2 is 2.10 bits per heavy atom. The summed E-state index contributed by atoms with van der Waals surface area (Å²) in [4.78, 5) is 22.9. The maximum Gasteiger partial charge on any atom is 0.307 e. The van der Waals surface area contributed by atoms with Gasteiger partial charge >= 0.3 is 5.97 Å². The summed E-state index contributed by atoms with van der Waals surface area (Å²) in [6.45, 7) is 2.36. The van der Waals surface area contributed by atoms with Crippen molar-refractivity contribution < 1.29 is 19.4 Å². The summed E-state index contributed by atoms with van der Waals surface area (Å²) in [5, 5.41) is 12.0. The van der Waals surface area contributed by atoms with E-state index in [-0.39, 0.29) is 5.91 Å². The first kappa shape index (κ1) is 14.7. The van der Waals surface area contributed by atoms with Crippen molar-refractivity contribution in [2.45, 2.75) is 19.8 Å². The van der Waals surface area contributed by atoms with Gasteiger partial charge in [-0.15, -0.1) is 0 Å². The Kier molecular flexibility index (Phi) is 4.49. The summed E-state index contributed by atoms with van der Waals surface area (Å²) >= 11 is 6.03. The van der Waals surface area contributed by atoms with E-state index in [1.54, 1.807) is 18.2 Å². The van der Waals surface area contributed by atoms with E-state index < -0.39 is 17.8 Å². The number of carbonyl (C=O) groups is 2. The summed E-state index contributed by atoms with van der Waals surface area (Å²) in [5.74, 6) is -1.67. The molecule has 1 aromatic carbocycles. The van der Waals surface area contributed by atoms with Gasteiger partial charge < -0.3 is 15.2 Å². The number of rotatable bonds is 5. The van der Waals surface area contributed by atoms with Gasteiger partial charge in [0.15, 0.2) is 0 Å². The van der Waals surface area contributed by atoms with Crippen molar-refractivity contribution in [1.82, 2.24) is 0 Å². The van der Waals surface area contributed by atoms with E-state index in [9.17, 15) is 9.59 Å². The minimum atomic E-state index is -0.916. The molecule has 0 radical (unpaired) electrons. The summed E-state index contributed by atoms with van der Waals surface area (Å²) in [6.07, 6.45) is 1.16. The Hall–Kier alpha value is -1.75. The third-order valence-corrected chi connectivity index (χ3v) is 3.72. The number of amides is 1. The number of anilines is 1. The van der Waals surface area contributed by atoms with Gasteiger partial charge in [-0.1, -0.05) is 11.6 Å². The molecule has 0 bridgehead atoms. The van der Waals surface area contributed by atoms with Crippen LogP contribution in [0.15, 0.2) is 18.2 Å². The highest BCUT2D eigenvalue weighted by molar-refractivity contribution is 6.32. The van der Waals surface area contributed by atoms with Crippen LogP contribution in [-0.2, 0) is 9.59 Å². The molecule has 0 spiro atoms. The number of nitrogens with one attached hydrogen (secondary N) is 1. The Bertz CT molecular complexity index is 532. The molecule has 0 heterocycles. The molecular formula is C14H16ClNO4. The molecule has 2 unspecified atom stereocenters. The second kappa shape index (κ2) is 6.13. The summed E-state index contributed by atoms with van der Waals surface area (Å²) in [7, 11) is 0. The van der Waals surface area contributed by atoms with Crippen molar-refractivity contribution in [3.05, 3.63) is 23.2 Å². The second-order valence-corrected chi connectivity index (χ2v) is 5.10. The predicted molar refractivity (Wildman–Crippen MR) is 75.1 cm³/mol. The van der Waals surface area contributed by atoms with Crippen LogP contribution in [0.5, 0.6) is 5.75 Å². The lowest BCUT2D eigenvalue weighted by Crippen LogP contribution is -2.41. The smallest absolute Gasteiger partial charge is 0.307 e. The van der Waals surface area contributed by atoms with E-state index in [2.05, 4.69) is 5.32 Å². The highest BCUT2D eigenvalue weighted by atomic mass is 35.5. The number of carbonyl (C=O) groups excluding carboxylic acids is 1. The van der Waals surface area contributed by atoms with Crippen molar-refractivity contribution in [3.8, 4) is 5.75 Å². The highest BCUT2D eigenvalue weighted by Gasteiger charge is 2.41. The lowest BCUT2D eigenvalue weighted by atomic mass is 9.73. The summed E-state index contributed by atoms with van der Waals surface area (Å²) < 4.78 is 5.30. The topological polar surface area (TPSA) is 75.6 Å². The fraction of sp³-hybridized carbons (Fsp3) is 0.429. The molecule has 1 aliphatic carbocycles. The zero-order valence-electron chi connectivity index (χ0n) is 11.1. The van der Waals surface area contributed by atoms with Crippen molar-refractivity contribution in [2.24, 2.45) is 11.8 Å². The van der Waals surface area contributed by atoms with Crippen LogP contribution in [0.4, 0.5) is 5.69 Å². The first-order chi connectivity index (χ1) is 9.52. The van der Waals surface area contributed by atoms with Gasteiger partial charge in [-0.3, -0.25) is 9.59 Å². The Balaban J connectivity index is 2.01. The molecule has 6 heteroatoms. The highest BCUT2D eigenvalue weighted by Crippen LogP contribution is 2.36. The minimum Gasteiger partial charge on any atom is -0.492 e. The number of carboxylic acid groups (broad SMARTS) is 1. The number of aliphatic carboxylic acids is 1. The van der Waals surface area contributed by atoms with Crippen molar-refractivity contribution >= 4 is 29.2 Å². The first-order valence-corrected chi connectivity index (χ1v) is 6.86. The third-order valence-electron chi connectivity index (χ3n) is 3.43. The molecule has 1 saturated carbocycles. The molecule has 1 fully saturated rings. The molecule has 20 heavy (non-hydrogen) atoms. The monoisotopic (exact) mass is 297 g/mol. The maximum absolute atomic E-state index is 12.0. The van der Waals surface area contributed by atoms with Gasteiger partial charge in [0, 0.05) is 5.69 Å². The Labute approximate surface area is 121 Å². The van der Waals surface area contributed by atoms with Gasteiger partial charge in [-0.05, 0) is 38.0 Å². The van der Waals surface area contributed by atoms with E-state index >= 15 is 0 Å². The molecule has 0 aliphatic heterocycles. The average Bonchev–Trinajstić information content (AvgIpc) is 2.30. The second-order valence-electron chi connectivity index (χ2n) is 4.70. The van der Waals surface area contributed by atoms with E-state index in [0.717, 1.165) is 0 Å². The summed E-state index contributed by atoms with van der Waals surface area (Å²) in [6, 6.07) is 4.96. The van der Waals surface area contributed by atoms with Crippen molar-refractivity contribution in [2.75, 3.05) is 11.9 Å². The molecule has 2 atom stereocenters. The normalized spacial score (nSPS) is 20.9. The van der Waals surface area contributed by atoms with Crippen LogP contribution < -0.4 is 10.1 Å². The van der Waals surface area contributed by atoms with Crippen LogP contribution in [0, 0.1) is 11.8 Å². The van der Waals surface area contributed by atoms with Crippen LogP contribution in [0.3, 0.4) is 0 Å². The molecular weight excluding hydrogens is 282 g/mol. The van der Waals surface area contributed by atoms with Crippen molar-refractivity contribution in [1.29, 1.82) is 0 Å². The fourth-order valence-electron chi connectivity index (χ4n) is 2.20. The van der Waals surface area contributed by atoms with Crippen molar-refractivity contribution in [3.63, 3.8) is 0 Å². The minimum absolute atomic E-state index is 0.274. The first-order valence-electron chi connectivity index (χ1n) is 6.49. The fourth-order valence-corrected chi connectivity index (χ4v) is 2.43. The predicted octanol–water partition coefficient (Wildman–Crippen LogP) is 2.79. The zero-order valence-corrected chi connectivity index (χ0v) is 11.8. The van der Waals surface area contributed by atoms with Gasteiger partial charge in [0.2, 0.25) is 5.91 Å². The third kappa shape index (κ3) is 3.04. The molecule has 2 N–H and O–H groups in total. The van der Waals surface area contributed by atoms with Gasteiger partial charge in [0.1, 0.15) is 5.75 Å². The van der Waals surface area contributed by atoms with E-state index in [1.165, 1.54) is 0 Å². The molecule has 2 rings (SSSR count). The average molecular weight is 298 g/mol. The van der Waals surface area contributed by atoms with E-state index in [0.29, 0.717) is 35.9 Å². The largest absolute Gasteiger partial charge is 0.492 e. The Morgan fingerprint density at radius 1 is 1.40 bits per heavy atom. The molecule has 1 amide bonds. The van der Waals surface area contributed by atoms with E-state index in [4.69, 9.17) is 21.4 Å². The number of hydrogen-bond acceptors (Lipinski definition) is 3. The maximum atomic E-state index is 12.0. The number of halogens is 1. The SMILES string of the molecule is CCOc1ccc(NC(=O)C2CCC2C(=O)O)cc1Cl. The number of benzene rings is 1.